The number of fused-ring (bicyclic) bond motifs is 1. The Morgan fingerprint density at radius 3 is 2.30 bits per heavy atom. The number of ether oxygens (including phenoxy) is 1. The van der Waals surface area contributed by atoms with Gasteiger partial charge in [-0.1, -0.05) is 83.3 Å². The van der Waals surface area contributed by atoms with Gasteiger partial charge in [-0.05, 0) is 66.1 Å². The summed E-state index contributed by atoms with van der Waals surface area (Å²) in [6.07, 6.45) is -0.375. The third kappa shape index (κ3) is 7.54. The number of sulfonamides is 1. The zero-order valence-electron chi connectivity index (χ0n) is 23.3. The molecular weight excluding hydrogens is 645 g/mol. The fourth-order valence-electron chi connectivity index (χ4n) is 4.75. The number of nitrogens with one attached hydrogen (secondary N) is 1. The van der Waals surface area contributed by atoms with Crippen molar-refractivity contribution < 1.29 is 22.7 Å². The number of amides is 2. The number of halogens is 3. The average molecular weight is 673 g/mol. The molecule has 0 spiro atoms. The van der Waals surface area contributed by atoms with E-state index in [1.165, 1.54) is 35.2 Å². The van der Waals surface area contributed by atoms with Crippen molar-refractivity contribution in [2.75, 3.05) is 24.5 Å². The van der Waals surface area contributed by atoms with Crippen LogP contribution in [0.4, 0.5) is 5.69 Å². The Balaban J connectivity index is 1.39. The molecule has 0 fully saturated rings. The summed E-state index contributed by atoms with van der Waals surface area (Å²) in [5, 5.41) is 3.89. The molecule has 1 aliphatic rings. The smallest absolute Gasteiger partial charge is 0.262 e. The number of rotatable bonds is 10. The van der Waals surface area contributed by atoms with Gasteiger partial charge in [0.1, 0.15) is 5.75 Å². The molecule has 12 heteroatoms. The van der Waals surface area contributed by atoms with Gasteiger partial charge in [0.2, 0.25) is 15.9 Å². The molecule has 0 saturated carbocycles. The Morgan fingerprint density at radius 2 is 1.57 bits per heavy atom. The number of para-hydroxylation sites is 2. The molecule has 5 rings (SSSR count). The Hall–Kier alpha value is -3.60. The highest BCUT2D eigenvalue weighted by atomic mass is 35.5. The summed E-state index contributed by atoms with van der Waals surface area (Å²) >= 11 is 18.5. The van der Waals surface area contributed by atoms with Gasteiger partial charge in [-0.2, -0.15) is 4.31 Å². The van der Waals surface area contributed by atoms with E-state index >= 15 is 0 Å². The maximum absolute atomic E-state index is 14.0. The van der Waals surface area contributed by atoms with Gasteiger partial charge in [-0.25, -0.2) is 8.42 Å². The highest BCUT2D eigenvalue weighted by molar-refractivity contribution is 7.89. The molecule has 4 aromatic carbocycles. The summed E-state index contributed by atoms with van der Waals surface area (Å²) in [6, 6.07) is 26.9. The fraction of sp³-hybridized carbons (Fsp3) is 0.188. The second kappa shape index (κ2) is 14.0. The molecule has 1 atom stereocenters. The van der Waals surface area contributed by atoms with Crippen LogP contribution >= 0.6 is 34.8 Å². The van der Waals surface area contributed by atoms with Crippen molar-refractivity contribution in [1.82, 2.24) is 9.62 Å². The maximum atomic E-state index is 14.0. The molecule has 1 aliphatic heterocycles. The van der Waals surface area contributed by atoms with Gasteiger partial charge < -0.3 is 15.0 Å². The summed E-state index contributed by atoms with van der Waals surface area (Å²) < 4.78 is 34.7. The highest BCUT2D eigenvalue weighted by Gasteiger charge is 2.36. The summed E-state index contributed by atoms with van der Waals surface area (Å²) in [6.45, 7) is -0.473. The third-order valence-corrected chi connectivity index (χ3v) is 9.69. The van der Waals surface area contributed by atoms with Crippen LogP contribution in [0.15, 0.2) is 102 Å². The Bertz CT molecular complexity index is 1750. The standard InChI is InChI=1S/C32H28Cl3N3O5S/c33-24-12-14-26(15-13-24)44(41,42)37(19-23-10-11-25(34)18-27(23)35)21-31(39)38-20-30(43-29-9-5-4-8-28(29)38)32(40)36-17-16-22-6-2-1-3-7-22/h1-15,18,30H,16-17,19-21H2,(H,36,40)/t30-/m0/s1. The van der Waals surface area contributed by atoms with Gasteiger partial charge >= 0.3 is 0 Å². The van der Waals surface area contributed by atoms with E-state index in [0.29, 0.717) is 40.0 Å². The molecule has 2 amide bonds. The van der Waals surface area contributed by atoms with Crippen LogP contribution in [-0.4, -0.2) is 50.3 Å². The summed E-state index contributed by atoms with van der Waals surface area (Å²) in [4.78, 5) is 28.4. The van der Waals surface area contributed by atoms with E-state index in [9.17, 15) is 18.0 Å². The second-order valence-corrected chi connectivity index (χ2v) is 13.3. The predicted molar refractivity (Wildman–Crippen MR) is 172 cm³/mol. The lowest BCUT2D eigenvalue weighted by molar-refractivity contribution is -0.128. The van der Waals surface area contributed by atoms with Gasteiger partial charge in [-0.15, -0.1) is 0 Å². The fourth-order valence-corrected chi connectivity index (χ4v) is 6.72. The number of carbonyl (C=O) groups is 2. The van der Waals surface area contributed by atoms with Crippen molar-refractivity contribution in [2.24, 2.45) is 0 Å². The van der Waals surface area contributed by atoms with Crippen LogP contribution in [0.2, 0.25) is 15.1 Å². The van der Waals surface area contributed by atoms with Gasteiger partial charge in [-0.3, -0.25) is 9.59 Å². The van der Waals surface area contributed by atoms with Crippen LogP contribution in [0.5, 0.6) is 5.75 Å². The molecule has 1 heterocycles. The maximum Gasteiger partial charge on any atom is 0.262 e. The normalized spacial score (nSPS) is 14.5. The first-order valence-corrected chi connectivity index (χ1v) is 16.3. The van der Waals surface area contributed by atoms with Crippen LogP contribution in [0.3, 0.4) is 0 Å². The summed E-state index contributed by atoms with van der Waals surface area (Å²) in [7, 11) is -4.20. The minimum atomic E-state index is -4.20. The highest BCUT2D eigenvalue weighted by Crippen LogP contribution is 2.34. The zero-order chi connectivity index (χ0) is 31.3. The van der Waals surface area contributed by atoms with E-state index in [1.807, 2.05) is 30.3 Å². The average Bonchev–Trinajstić information content (AvgIpc) is 3.02. The number of benzene rings is 4. The first-order chi connectivity index (χ1) is 21.1. The van der Waals surface area contributed by atoms with E-state index < -0.39 is 28.6 Å². The van der Waals surface area contributed by atoms with Crippen LogP contribution < -0.4 is 15.0 Å². The topological polar surface area (TPSA) is 96.0 Å². The third-order valence-electron chi connectivity index (χ3n) is 7.05. The Kier molecular flexibility index (Phi) is 10.1. The van der Waals surface area contributed by atoms with E-state index in [0.717, 1.165) is 9.87 Å². The minimum Gasteiger partial charge on any atom is -0.477 e. The van der Waals surface area contributed by atoms with Crippen LogP contribution in [-0.2, 0) is 32.6 Å². The molecule has 228 valence electrons. The largest absolute Gasteiger partial charge is 0.477 e. The molecule has 8 nitrogen and oxygen atoms in total. The molecule has 0 radical (unpaired) electrons. The van der Waals surface area contributed by atoms with Crippen LogP contribution in [0.1, 0.15) is 11.1 Å². The number of hydrogen-bond donors (Lipinski definition) is 1. The molecule has 0 aliphatic carbocycles. The van der Waals surface area contributed by atoms with E-state index in [-0.39, 0.29) is 28.9 Å². The van der Waals surface area contributed by atoms with Gasteiger partial charge in [0.15, 0.2) is 6.10 Å². The SMILES string of the molecule is O=C(NCCc1ccccc1)[C@@H]1CN(C(=O)CN(Cc2ccc(Cl)cc2Cl)S(=O)(=O)c2ccc(Cl)cc2)c2ccccc2O1. The molecule has 4 aromatic rings. The van der Waals surface area contributed by atoms with E-state index in [2.05, 4.69) is 5.32 Å². The molecule has 0 unspecified atom stereocenters. The van der Waals surface area contributed by atoms with Crippen molar-refractivity contribution in [3.8, 4) is 5.75 Å². The lowest BCUT2D eigenvalue weighted by Gasteiger charge is -2.35. The van der Waals surface area contributed by atoms with Crippen LogP contribution in [0, 0.1) is 0 Å². The molecular formula is C32H28Cl3N3O5S. The second-order valence-electron chi connectivity index (χ2n) is 10.1. The van der Waals surface area contributed by atoms with Gasteiger partial charge in [0, 0.05) is 28.2 Å². The van der Waals surface area contributed by atoms with Gasteiger partial charge in [0.25, 0.3) is 5.91 Å². The molecule has 0 aromatic heterocycles. The van der Waals surface area contributed by atoms with Crippen molar-refractivity contribution in [3.05, 3.63) is 123 Å². The molecule has 44 heavy (non-hydrogen) atoms. The van der Waals surface area contributed by atoms with Gasteiger partial charge in [0.05, 0.1) is 23.7 Å². The molecule has 1 N–H and O–H groups in total. The molecule has 0 bridgehead atoms. The van der Waals surface area contributed by atoms with E-state index in [1.54, 1.807) is 36.4 Å². The molecule has 0 saturated heterocycles. The minimum absolute atomic E-state index is 0.0437. The van der Waals surface area contributed by atoms with Crippen molar-refractivity contribution in [3.63, 3.8) is 0 Å². The number of hydrogen-bond acceptors (Lipinski definition) is 5. The van der Waals surface area contributed by atoms with Crippen LogP contribution in [0.25, 0.3) is 0 Å². The zero-order valence-corrected chi connectivity index (χ0v) is 26.4. The van der Waals surface area contributed by atoms with Crippen molar-refractivity contribution in [2.45, 2.75) is 24.0 Å². The quantitative estimate of drug-likeness (QED) is 0.223. The lowest BCUT2D eigenvalue weighted by Crippen LogP contribution is -2.53. The number of carbonyl (C=O) groups excluding carboxylic acids is 2. The monoisotopic (exact) mass is 671 g/mol. The van der Waals surface area contributed by atoms with E-state index in [4.69, 9.17) is 39.5 Å². The summed E-state index contributed by atoms with van der Waals surface area (Å²) in [5.41, 5.74) is 1.96. The van der Waals surface area contributed by atoms with Crippen molar-refractivity contribution >= 4 is 62.3 Å². The van der Waals surface area contributed by atoms with Crippen molar-refractivity contribution in [1.29, 1.82) is 0 Å². The lowest BCUT2D eigenvalue weighted by atomic mass is 10.1. The predicted octanol–water partition coefficient (Wildman–Crippen LogP) is 5.99. The first kappa shape index (κ1) is 31.8. The Labute approximate surface area is 271 Å². The first-order valence-electron chi connectivity index (χ1n) is 13.7. The number of nitrogens with zero attached hydrogens (tertiary/aromatic N) is 2. The Morgan fingerprint density at radius 1 is 0.886 bits per heavy atom. The number of anilines is 1. The summed E-state index contributed by atoms with van der Waals surface area (Å²) in [5.74, 6) is -0.597.